The van der Waals surface area contributed by atoms with Gasteiger partial charge in [-0.1, -0.05) is 49.9 Å². The minimum absolute atomic E-state index is 0.0178. The van der Waals surface area contributed by atoms with Crippen LogP contribution in [-0.2, 0) is 4.79 Å². The third-order valence-corrected chi connectivity index (χ3v) is 4.56. The molecule has 0 saturated carbocycles. The van der Waals surface area contributed by atoms with E-state index in [4.69, 9.17) is 0 Å². The number of pyridine rings is 1. The molecule has 0 atom stereocenters. The number of aromatic nitrogens is 2. The van der Waals surface area contributed by atoms with Crippen molar-refractivity contribution < 1.29 is 4.79 Å². The summed E-state index contributed by atoms with van der Waals surface area (Å²) >= 11 is 1.44. The van der Waals surface area contributed by atoms with Gasteiger partial charge in [0, 0.05) is 11.9 Å². The van der Waals surface area contributed by atoms with Crippen molar-refractivity contribution in [2.45, 2.75) is 24.9 Å². The molecule has 4 nitrogen and oxygen atoms in total. The van der Waals surface area contributed by atoms with Gasteiger partial charge in [0.05, 0.1) is 17.5 Å². The highest BCUT2D eigenvalue weighted by molar-refractivity contribution is 7.99. The first-order chi connectivity index (χ1) is 11.1. The van der Waals surface area contributed by atoms with Crippen molar-refractivity contribution in [3.63, 3.8) is 0 Å². The van der Waals surface area contributed by atoms with Crippen molar-refractivity contribution in [2.75, 3.05) is 11.1 Å². The van der Waals surface area contributed by atoms with Crippen molar-refractivity contribution >= 4 is 28.9 Å². The van der Waals surface area contributed by atoms with Crippen LogP contribution in [-0.4, -0.2) is 21.0 Å². The molecular formula is C18H19N3OS. The lowest BCUT2D eigenvalue weighted by Gasteiger charge is -2.13. The van der Waals surface area contributed by atoms with Crippen LogP contribution in [0.2, 0.25) is 0 Å². The third kappa shape index (κ3) is 3.56. The Labute approximate surface area is 139 Å². The Bertz CT molecular complexity index is 826. The first-order valence-corrected chi connectivity index (χ1v) is 8.57. The third-order valence-electron chi connectivity index (χ3n) is 3.59. The normalized spacial score (nSPS) is 11.1. The van der Waals surface area contributed by atoms with Crippen molar-refractivity contribution in [3.8, 4) is 0 Å². The number of nitrogens with zero attached hydrogens (tertiary/aromatic N) is 2. The molecular weight excluding hydrogens is 306 g/mol. The molecule has 0 aliphatic rings. The van der Waals surface area contributed by atoms with E-state index in [0.717, 1.165) is 21.9 Å². The number of anilines is 1. The molecule has 0 bridgehead atoms. The van der Waals surface area contributed by atoms with Gasteiger partial charge < -0.3 is 5.32 Å². The van der Waals surface area contributed by atoms with Crippen LogP contribution in [0.25, 0.3) is 5.52 Å². The van der Waals surface area contributed by atoms with Gasteiger partial charge >= 0.3 is 0 Å². The number of imidazole rings is 1. The first-order valence-electron chi connectivity index (χ1n) is 7.59. The number of benzene rings is 1. The minimum Gasteiger partial charge on any atom is -0.325 e. The van der Waals surface area contributed by atoms with Gasteiger partial charge in [0.15, 0.2) is 5.16 Å². The minimum atomic E-state index is -0.0178. The number of rotatable bonds is 5. The van der Waals surface area contributed by atoms with Gasteiger partial charge in [-0.05, 0) is 29.7 Å². The Morgan fingerprint density at radius 2 is 2.00 bits per heavy atom. The summed E-state index contributed by atoms with van der Waals surface area (Å²) in [5.74, 6) is 0.687. The number of hydrogen-bond acceptors (Lipinski definition) is 3. The Morgan fingerprint density at radius 3 is 2.83 bits per heavy atom. The number of fused-ring (bicyclic) bond motifs is 1. The van der Waals surface area contributed by atoms with Crippen LogP contribution in [0.5, 0.6) is 0 Å². The van der Waals surface area contributed by atoms with Crippen molar-refractivity contribution in [2.24, 2.45) is 0 Å². The van der Waals surface area contributed by atoms with Crippen LogP contribution in [0.15, 0.2) is 60.0 Å². The smallest absolute Gasteiger partial charge is 0.234 e. The van der Waals surface area contributed by atoms with Crippen LogP contribution >= 0.6 is 11.8 Å². The van der Waals surface area contributed by atoms with E-state index >= 15 is 0 Å². The molecule has 0 aliphatic carbocycles. The predicted molar refractivity (Wildman–Crippen MR) is 95.1 cm³/mol. The van der Waals surface area contributed by atoms with E-state index in [1.54, 1.807) is 0 Å². The van der Waals surface area contributed by atoms with Gasteiger partial charge in [0.25, 0.3) is 0 Å². The average molecular weight is 325 g/mol. The summed E-state index contributed by atoms with van der Waals surface area (Å²) in [6.07, 6.45) is 3.77. The first kappa shape index (κ1) is 15.6. The van der Waals surface area contributed by atoms with Gasteiger partial charge in [-0.25, -0.2) is 4.98 Å². The summed E-state index contributed by atoms with van der Waals surface area (Å²) in [6.45, 7) is 4.24. The molecule has 0 unspecified atom stereocenters. The predicted octanol–water partition coefficient (Wildman–Crippen LogP) is 4.19. The molecule has 118 valence electrons. The van der Waals surface area contributed by atoms with Gasteiger partial charge in [0.2, 0.25) is 5.91 Å². The van der Waals surface area contributed by atoms with Crippen molar-refractivity contribution in [3.05, 3.63) is 60.4 Å². The second-order valence-corrected chi connectivity index (χ2v) is 6.56. The SMILES string of the molecule is CC(C)c1ccccc1NC(=O)CSc1ncc2ccccn12. The number of para-hydroxylation sites is 1. The maximum atomic E-state index is 12.2. The molecule has 3 aromatic rings. The zero-order chi connectivity index (χ0) is 16.2. The molecule has 0 spiro atoms. The van der Waals surface area contributed by atoms with Gasteiger partial charge in [-0.2, -0.15) is 0 Å². The van der Waals surface area contributed by atoms with Gasteiger partial charge in [-0.15, -0.1) is 0 Å². The molecule has 3 rings (SSSR count). The van der Waals surface area contributed by atoms with Gasteiger partial charge in [0.1, 0.15) is 0 Å². The van der Waals surface area contributed by atoms with Crippen molar-refractivity contribution in [1.82, 2.24) is 9.38 Å². The van der Waals surface area contributed by atoms with E-state index in [2.05, 4.69) is 30.2 Å². The lowest BCUT2D eigenvalue weighted by Crippen LogP contribution is -2.15. The molecule has 2 heterocycles. The van der Waals surface area contributed by atoms with Gasteiger partial charge in [-0.3, -0.25) is 9.20 Å². The van der Waals surface area contributed by atoms with Crippen LogP contribution in [0.3, 0.4) is 0 Å². The number of amides is 1. The van der Waals surface area contributed by atoms with Crippen LogP contribution in [0.4, 0.5) is 5.69 Å². The Balaban J connectivity index is 1.66. The van der Waals surface area contributed by atoms with E-state index in [0.29, 0.717) is 11.7 Å². The standard InChI is InChI=1S/C18H19N3OS/c1-13(2)15-8-3-4-9-16(15)20-17(22)12-23-18-19-11-14-7-5-6-10-21(14)18/h3-11,13H,12H2,1-2H3,(H,20,22). The molecule has 2 aromatic heterocycles. The number of carbonyl (C=O) groups excluding carboxylic acids is 1. The molecule has 1 amide bonds. The van der Waals surface area contributed by atoms with E-state index < -0.39 is 0 Å². The molecule has 0 aliphatic heterocycles. The average Bonchev–Trinajstić information content (AvgIpc) is 2.96. The summed E-state index contributed by atoms with van der Waals surface area (Å²) in [4.78, 5) is 16.6. The second-order valence-electron chi connectivity index (χ2n) is 5.62. The summed E-state index contributed by atoms with van der Waals surface area (Å²) in [6, 6.07) is 13.9. The zero-order valence-electron chi connectivity index (χ0n) is 13.2. The summed E-state index contributed by atoms with van der Waals surface area (Å²) in [5, 5.41) is 3.83. The largest absolute Gasteiger partial charge is 0.325 e. The molecule has 5 heteroatoms. The fourth-order valence-corrected chi connectivity index (χ4v) is 3.22. The molecule has 0 saturated heterocycles. The maximum Gasteiger partial charge on any atom is 0.234 e. The summed E-state index contributed by atoms with van der Waals surface area (Å²) in [5.41, 5.74) is 3.07. The quantitative estimate of drug-likeness (QED) is 0.716. The molecule has 1 N–H and O–H groups in total. The molecule has 0 radical (unpaired) electrons. The van der Waals surface area contributed by atoms with Crippen LogP contribution < -0.4 is 5.32 Å². The maximum absolute atomic E-state index is 12.2. The highest BCUT2D eigenvalue weighted by Gasteiger charge is 2.11. The van der Waals surface area contributed by atoms with E-state index in [-0.39, 0.29) is 5.91 Å². The zero-order valence-corrected chi connectivity index (χ0v) is 14.0. The van der Waals surface area contributed by atoms with Crippen molar-refractivity contribution in [1.29, 1.82) is 0 Å². The Hall–Kier alpha value is -2.27. The second kappa shape index (κ2) is 6.87. The van der Waals surface area contributed by atoms with E-state index in [1.165, 1.54) is 11.8 Å². The topological polar surface area (TPSA) is 46.4 Å². The molecule has 0 fully saturated rings. The fraction of sp³-hybridized carbons (Fsp3) is 0.222. The number of nitrogens with one attached hydrogen (secondary N) is 1. The lowest BCUT2D eigenvalue weighted by molar-refractivity contribution is -0.113. The molecule has 1 aromatic carbocycles. The van der Waals surface area contributed by atoms with E-state index in [9.17, 15) is 4.79 Å². The number of hydrogen-bond donors (Lipinski definition) is 1. The Kier molecular flexibility index (Phi) is 4.67. The molecule has 23 heavy (non-hydrogen) atoms. The Morgan fingerprint density at radius 1 is 1.22 bits per heavy atom. The van der Waals surface area contributed by atoms with E-state index in [1.807, 2.05) is 53.2 Å². The monoisotopic (exact) mass is 325 g/mol. The highest BCUT2D eigenvalue weighted by Crippen LogP contribution is 2.24. The lowest BCUT2D eigenvalue weighted by atomic mass is 10.0. The fourth-order valence-electron chi connectivity index (χ4n) is 2.46. The number of thioether (sulfide) groups is 1. The van der Waals surface area contributed by atoms with Crippen LogP contribution in [0.1, 0.15) is 25.3 Å². The van der Waals surface area contributed by atoms with Crippen LogP contribution in [0, 0.1) is 0 Å². The summed E-state index contributed by atoms with van der Waals surface area (Å²) < 4.78 is 1.99. The number of carbonyl (C=O) groups is 1. The summed E-state index contributed by atoms with van der Waals surface area (Å²) in [7, 11) is 0. The highest BCUT2D eigenvalue weighted by atomic mass is 32.2.